The van der Waals surface area contributed by atoms with Crippen molar-refractivity contribution in [3.05, 3.63) is 53.4 Å². The van der Waals surface area contributed by atoms with Crippen LogP contribution in [0.2, 0.25) is 0 Å². The first kappa shape index (κ1) is 14.1. The molecule has 0 aliphatic heterocycles. The Bertz CT molecular complexity index is 820. The summed E-state index contributed by atoms with van der Waals surface area (Å²) in [5.41, 5.74) is 2.51. The van der Waals surface area contributed by atoms with Gasteiger partial charge in [-0.15, -0.1) is 11.3 Å². The van der Waals surface area contributed by atoms with Crippen LogP contribution in [0.4, 0.5) is 0 Å². The van der Waals surface area contributed by atoms with Gasteiger partial charge in [0, 0.05) is 9.35 Å². The molecule has 2 aromatic heterocycles. The third-order valence-electron chi connectivity index (χ3n) is 3.11. The number of nitrogens with one attached hydrogen (secondary N) is 3. The van der Waals surface area contributed by atoms with E-state index in [2.05, 4.69) is 53.2 Å². The molecular formula is C13H11Br2N3OS. The molecule has 0 saturated carbocycles. The summed E-state index contributed by atoms with van der Waals surface area (Å²) in [5.74, 6) is 0. The zero-order valence-electron chi connectivity index (χ0n) is 10.5. The molecule has 4 nitrogen and oxygen atoms in total. The topological polar surface area (TPSA) is 60.7 Å². The molecule has 7 heteroatoms. The standard InChI is InChI=1S/C13H11Br2N3OS/c1-16-12(10-2-3-11(15)20-10)6-4-8-9(5-7(6)14)18-13(19)17-8/h2-5,12,16H,1H3,(H2,17,18,19). The van der Waals surface area contributed by atoms with E-state index in [4.69, 9.17) is 0 Å². The van der Waals surface area contributed by atoms with Gasteiger partial charge in [0.05, 0.1) is 20.9 Å². The number of aromatic amines is 2. The molecule has 3 N–H and O–H groups in total. The Morgan fingerprint density at radius 3 is 2.50 bits per heavy atom. The SMILES string of the molecule is CNC(c1ccc(Br)s1)c1cc2[nH]c(=O)[nH]c2cc1Br. The predicted molar refractivity (Wildman–Crippen MR) is 89.5 cm³/mol. The van der Waals surface area contributed by atoms with Crippen LogP contribution >= 0.6 is 43.2 Å². The number of hydrogen-bond acceptors (Lipinski definition) is 3. The van der Waals surface area contributed by atoms with Gasteiger partial charge in [-0.25, -0.2) is 4.79 Å². The molecule has 1 atom stereocenters. The Hall–Kier alpha value is -0.890. The first-order valence-corrected chi connectivity index (χ1v) is 8.32. The molecule has 3 aromatic rings. The Labute approximate surface area is 135 Å². The number of fused-ring (bicyclic) bond motifs is 1. The van der Waals surface area contributed by atoms with E-state index in [9.17, 15) is 4.79 Å². The molecule has 0 saturated heterocycles. The van der Waals surface area contributed by atoms with Gasteiger partial charge in [-0.1, -0.05) is 15.9 Å². The van der Waals surface area contributed by atoms with Crippen LogP contribution in [-0.2, 0) is 0 Å². The van der Waals surface area contributed by atoms with Gasteiger partial charge in [0.25, 0.3) is 0 Å². The number of aromatic nitrogens is 2. The summed E-state index contributed by atoms with van der Waals surface area (Å²) in [5, 5.41) is 3.32. The van der Waals surface area contributed by atoms with E-state index < -0.39 is 0 Å². The molecule has 0 amide bonds. The Morgan fingerprint density at radius 2 is 1.90 bits per heavy atom. The van der Waals surface area contributed by atoms with Crippen molar-refractivity contribution in [3.8, 4) is 0 Å². The number of H-pyrrole nitrogens is 2. The fourth-order valence-corrected chi connectivity index (χ4v) is 4.35. The average molecular weight is 417 g/mol. The van der Waals surface area contributed by atoms with Gasteiger partial charge in [-0.3, -0.25) is 0 Å². The van der Waals surface area contributed by atoms with Gasteiger partial charge in [-0.05, 0) is 52.8 Å². The van der Waals surface area contributed by atoms with E-state index in [0.717, 1.165) is 24.9 Å². The molecule has 20 heavy (non-hydrogen) atoms. The van der Waals surface area contributed by atoms with Crippen LogP contribution in [0.1, 0.15) is 16.5 Å². The highest BCUT2D eigenvalue weighted by atomic mass is 79.9. The zero-order chi connectivity index (χ0) is 14.3. The lowest BCUT2D eigenvalue weighted by atomic mass is 10.0. The van der Waals surface area contributed by atoms with E-state index in [1.165, 1.54) is 4.88 Å². The van der Waals surface area contributed by atoms with Gasteiger partial charge >= 0.3 is 5.69 Å². The van der Waals surface area contributed by atoms with Gasteiger partial charge in [0.15, 0.2) is 0 Å². The van der Waals surface area contributed by atoms with Crippen molar-refractivity contribution >= 4 is 54.2 Å². The first-order chi connectivity index (χ1) is 9.58. The van der Waals surface area contributed by atoms with E-state index >= 15 is 0 Å². The van der Waals surface area contributed by atoms with Crippen molar-refractivity contribution in [1.29, 1.82) is 0 Å². The quantitative estimate of drug-likeness (QED) is 0.608. The second-order valence-corrected chi connectivity index (χ2v) is 7.71. The Kier molecular flexibility index (Phi) is 3.85. The highest BCUT2D eigenvalue weighted by molar-refractivity contribution is 9.11. The summed E-state index contributed by atoms with van der Waals surface area (Å²) in [6, 6.07) is 8.12. The van der Waals surface area contributed by atoms with Crippen LogP contribution in [-0.4, -0.2) is 17.0 Å². The minimum Gasteiger partial charge on any atom is -0.309 e. The fourth-order valence-electron chi connectivity index (χ4n) is 2.23. The van der Waals surface area contributed by atoms with Gasteiger partial charge < -0.3 is 15.3 Å². The highest BCUT2D eigenvalue weighted by Crippen LogP contribution is 2.35. The second kappa shape index (κ2) is 5.48. The average Bonchev–Trinajstić information content (AvgIpc) is 2.96. The summed E-state index contributed by atoms with van der Waals surface area (Å²) < 4.78 is 2.06. The normalized spacial score (nSPS) is 12.9. The van der Waals surface area contributed by atoms with Crippen LogP contribution in [0.25, 0.3) is 11.0 Å². The maximum absolute atomic E-state index is 11.4. The van der Waals surface area contributed by atoms with Crippen LogP contribution in [0.3, 0.4) is 0 Å². The number of benzene rings is 1. The third kappa shape index (κ3) is 2.50. The maximum atomic E-state index is 11.4. The fraction of sp³-hybridized carbons (Fsp3) is 0.154. The third-order valence-corrected chi connectivity index (χ3v) is 5.49. The van der Waals surface area contributed by atoms with Gasteiger partial charge in [0.1, 0.15) is 0 Å². The molecule has 1 unspecified atom stereocenters. The van der Waals surface area contributed by atoms with Crippen molar-refractivity contribution in [2.24, 2.45) is 0 Å². The number of hydrogen-bond donors (Lipinski definition) is 3. The molecule has 104 valence electrons. The highest BCUT2D eigenvalue weighted by Gasteiger charge is 2.18. The number of imidazole rings is 1. The monoisotopic (exact) mass is 415 g/mol. The summed E-state index contributed by atoms with van der Waals surface area (Å²) in [6.07, 6.45) is 0. The lowest BCUT2D eigenvalue weighted by molar-refractivity contribution is 0.702. The van der Waals surface area contributed by atoms with E-state index in [0.29, 0.717) is 0 Å². The van der Waals surface area contributed by atoms with E-state index in [1.807, 2.05) is 25.2 Å². The summed E-state index contributed by atoms with van der Waals surface area (Å²) in [6.45, 7) is 0. The first-order valence-electron chi connectivity index (χ1n) is 5.92. The van der Waals surface area contributed by atoms with Crippen molar-refractivity contribution in [3.63, 3.8) is 0 Å². The van der Waals surface area contributed by atoms with E-state index in [1.54, 1.807) is 11.3 Å². The summed E-state index contributed by atoms with van der Waals surface area (Å²) in [4.78, 5) is 18.1. The molecule has 2 heterocycles. The molecule has 0 spiro atoms. The second-order valence-electron chi connectivity index (χ2n) is 4.36. The van der Waals surface area contributed by atoms with Crippen molar-refractivity contribution in [2.75, 3.05) is 7.05 Å². The maximum Gasteiger partial charge on any atom is 0.323 e. The van der Waals surface area contributed by atoms with Gasteiger partial charge in [-0.2, -0.15) is 0 Å². The van der Waals surface area contributed by atoms with Gasteiger partial charge in [0.2, 0.25) is 0 Å². The Balaban J connectivity index is 2.15. The minimum absolute atomic E-state index is 0.0727. The summed E-state index contributed by atoms with van der Waals surface area (Å²) in [7, 11) is 1.93. The molecule has 1 aromatic carbocycles. The molecule has 0 fully saturated rings. The molecule has 0 aliphatic rings. The molecule has 0 bridgehead atoms. The van der Waals surface area contributed by atoms with Crippen LogP contribution < -0.4 is 11.0 Å². The number of halogens is 2. The Morgan fingerprint density at radius 1 is 1.20 bits per heavy atom. The van der Waals surface area contributed by atoms with Crippen molar-refractivity contribution < 1.29 is 0 Å². The lowest BCUT2D eigenvalue weighted by Crippen LogP contribution is -2.17. The summed E-state index contributed by atoms with van der Waals surface area (Å²) >= 11 is 8.77. The molecular weight excluding hydrogens is 406 g/mol. The number of thiophene rings is 1. The van der Waals surface area contributed by atoms with Crippen LogP contribution in [0.15, 0.2) is 37.3 Å². The molecule has 0 aliphatic carbocycles. The zero-order valence-corrected chi connectivity index (χ0v) is 14.4. The molecule has 0 radical (unpaired) electrons. The van der Waals surface area contributed by atoms with Crippen molar-refractivity contribution in [1.82, 2.24) is 15.3 Å². The smallest absolute Gasteiger partial charge is 0.309 e. The van der Waals surface area contributed by atoms with Crippen molar-refractivity contribution in [2.45, 2.75) is 6.04 Å². The lowest BCUT2D eigenvalue weighted by Gasteiger charge is -2.17. The van der Waals surface area contributed by atoms with Crippen LogP contribution in [0.5, 0.6) is 0 Å². The predicted octanol–water partition coefficient (Wildman–Crippen LogP) is 3.75. The number of rotatable bonds is 3. The minimum atomic E-state index is -0.191. The van der Waals surface area contributed by atoms with E-state index in [-0.39, 0.29) is 11.7 Å². The molecule has 3 rings (SSSR count). The van der Waals surface area contributed by atoms with Crippen LogP contribution in [0, 0.1) is 0 Å². The largest absolute Gasteiger partial charge is 0.323 e.